The second-order valence-electron chi connectivity index (χ2n) is 7.40. The van der Waals surface area contributed by atoms with E-state index in [2.05, 4.69) is 86.7 Å². The van der Waals surface area contributed by atoms with Gasteiger partial charge < -0.3 is 15.5 Å². The Hall–Kier alpha value is -2.35. The molecule has 5 nitrogen and oxygen atoms in total. The van der Waals surface area contributed by atoms with Crippen LogP contribution in [0.3, 0.4) is 0 Å². The zero-order valence-corrected chi connectivity index (χ0v) is 18.6. The van der Waals surface area contributed by atoms with Crippen molar-refractivity contribution in [2.75, 3.05) is 30.4 Å². The molecule has 0 saturated carbocycles. The van der Waals surface area contributed by atoms with Crippen LogP contribution in [-0.2, 0) is 11.3 Å². The number of halogens is 1. The van der Waals surface area contributed by atoms with Crippen LogP contribution in [0.25, 0.3) is 10.9 Å². The van der Waals surface area contributed by atoms with Crippen LogP contribution in [0.15, 0.2) is 54.6 Å². The Morgan fingerprint density at radius 3 is 2.59 bits per heavy atom. The van der Waals surface area contributed by atoms with Crippen molar-refractivity contribution < 1.29 is 4.79 Å². The lowest BCUT2D eigenvalue weighted by Gasteiger charge is -2.33. The average Bonchev–Trinajstić information content (AvgIpc) is 2.77. The molecule has 4 rings (SSSR count). The van der Waals surface area contributed by atoms with Gasteiger partial charge in [-0.3, -0.25) is 4.79 Å². The number of carbonyl (C=O) groups excluding carboxylic acids is 1. The van der Waals surface area contributed by atoms with Crippen molar-refractivity contribution >= 4 is 50.9 Å². The summed E-state index contributed by atoms with van der Waals surface area (Å²) in [6.07, 6.45) is 1.75. The van der Waals surface area contributed by atoms with Crippen LogP contribution >= 0.6 is 22.6 Å². The van der Waals surface area contributed by atoms with Gasteiger partial charge in [0.15, 0.2) is 0 Å². The van der Waals surface area contributed by atoms with Crippen molar-refractivity contribution in [3.63, 3.8) is 0 Å². The number of hydrogen-bond acceptors (Lipinski definition) is 4. The number of benzene rings is 2. The third kappa shape index (κ3) is 4.63. The lowest BCUT2D eigenvalue weighted by Crippen LogP contribution is -2.39. The summed E-state index contributed by atoms with van der Waals surface area (Å²) in [4.78, 5) is 19.2. The quantitative estimate of drug-likeness (QED) is 0.510. The van der Waals surface area contributed by atoms with Gasteiger partial charge in [0, 0.05) is 53.3 Å². The van der Waals surface area contributed by atoms with Gasteiger partial charge in [0.05, 0.1) is 5.52 Å². The number of fused-ring (bicyclic) bond motifs is 1. The highest BCUT2D eigenvalue weighted by atomic mass is 127. The molecule has 2 heterocycles. The van der Waals surface area contributed by atoms with Crippen LogP contribution in [0.4, 0.5) is 11.5 Å². The first-order valence-electron chi connectivity index (χ1n) is 9.98. The smallest absolute Gasteiger partial charge is 0.222 e. The average molecular weight is 500 g/mol. The van der Waals surface area contributed by atoms with Crippen LogP contribution in [0.5, 0.6) is 0 Å². The van der Waals surface area contributed by atoms with Crippen LogP contribution in [0.2, 0.25) is 0 Å². The van der Waals surface area contributed by atoms with Gasteiger partial charge in [-0.05, 0) is 59.2 Å². The molecule has 0 atom stereocenters. The molecule has 3 aromatic rings. The van der Waals surface area contributed by atoms with Gasteiger partial charge in [0.2, 0.25) is 5.91 Å². The number of rotatable bonds is 5. The minimum Gasteiger partial charge on any atom is -0.371 e. The Bertz CT molecular complexity index is 997. The van der Waals surface area contributed by atoms with E-state index < -0.39 is 0 Å². The Morgan fingerprint density at radius 1 is 1.14 bits per heavy atom. The minimum atomic E-state index is 0.114. The molecule has 0 unspecified atom stereocenters. The fraction of sp³-hybridized carbons (Fsp3) is 0.304. The topological polar surface area (TPSA) is 57.3 Å². The number of amides is 1. The number of anilines is 2. The van der Waals surface area contributed by atoms with E-state index in [1.54, 1.807) is 7.05 Å². The van der Waals surface area contributed by atoms with Gasteiger partial charge in [-0.1, -0.05) is 30.3 Å². The predicted molar refractivity (Wildman–Crippen MR) is 127 cm³/mol. The van der Waals surface area contributed by atoms with Crippen molar-refractivity contribution in [1.82, 2.24) is 10.3 Å². The Kier molecular flexibility index (Phi) is 6.18. The third-order valence-electron chi connectivity index (χ3n) is 5.53. The molecule has 2 N–H and O–H groups in total. The second kappa shape index (κ2) is 8.98. The summed E-state index contributed by atoms with van der Waals surface area (Å²) in [5.74, 6) is 1.15. The van der Waals surface area contributed by atoms with E-state index in [9.17, 15) is 4.79 Å². The zero-order chi connectivity index (χ0) is 20.2. The fourth-order valence-electron chi connectivity index (χ4n) is 3.89. The number of nitrogens with one attached hydrogen (secondary N) is 2. The van der Waals surface area contributed by atoms with Gasteiger partial charge in [-0.2, -0.15) is 0 Å². The van der Waals surface area contributed by atoms with Gasteiger partial charge >= 0.3 is 0 Å². The minimum absolute atomic E-state index is 0.114. The van der Waals surface area contributed by atoms with E-state index in [-0.39, 0.29) is 11.8 Å². The first-order valence-corrected chi connectivity index (χ1v) is 11.1. The van der Waals surface area contributed by atoms with Gasteiger partial charge in [0.1, 0.15) is 5.82 Å². The number of piperidine rings is 1. The molecule has 2 aromatic carbocycles. The van der Waals surface area contributed by atoms with E-state index in [0.29, 0.717) is 0 Å². The molecule has 0 aliphatic carbocycles. The highest BCUT2D eigenvalue weighted by Gasteiger charge is 2.25. The largest absolute Gasteiger partial charge is 0.371 e. The molecule has 29 heavy (non-hydrogen) atoms. The maximum atomic E-state index is 12.0. The summed E-state index contributed by atoms with van der Waals surface area (Å²) in [6, 6.07) is 18.9. The lowest BCUT2D eigenvalue weighted by molar-refractivity contribution is -0.125. The van der Waals surface area contributed by atoms with E-state index in [1.807, 2.05) is 6.07 Å². The SMILES string of the molecule is CNC(=O)C1CCN(c2cc(NCc3ccc(I)cc3)nc3ccccc23)CC1. The summed E-state index contributed by atoms with van der Waals surface area (Å²) in [5.41, 5.74) is 3.41. The van der Waals surface area contributed by atoms with Crippen molar-refractivity contribution in [2.45, 2.75) is 19.4 Å². The van der Waals surface area contributed by atoms with E-state index in [4.69, 9.17) is 4.98 Å². The van der Waals surface area contributed by atoms with Gasteiger partial charge in [-0.15, -0.1) is 0 Å². The highest BCUT2D eigenvalue weighted by Crippen LogP contribution is 2.32. The zero-order valence-electron chi connectivity index (χ0n) is 16.5. The van der Waals surface area contributed by atoms with Gasteiger partial charge in [0.25, 0.3) is 0 Å². The molecular formula is C23H25IN4O. The summed E-state index contributed by atoms with van der Waals surface area (Å²) in [6.45, 7) is 2.49. The van der Waals surface area contributed by atoms with Crippen molar-refractivity contribution in [3.05, 3.63) is 63.7 Å². The molecule has 0 spiro atoms. The monoisotopic (exact) mass is 500 g/mol. The standard InChI is InChI=1S/C23H25IN4O/c1-25-23(29)17-10-12-28(13-11-17)21-14-22(27-20-5-3-2-4-19(20)21)26-15-16-6-8-18(24)9-7-16/h2-9,14,17H,10-13,15H2,1H3,(H,25,29)(H,26,27). The second-order valence-corrected chi connectivity index (χ2v) is 8.64. The number of hydrogen-bond donors (Lipinski definition) is 2. The molecule has 1 fully saturated rings. The third-order valence-corrected chi connectivity index (χ3v) is 6.25. The summed E-state index contributed by atoms with van der Waals surface area (Å²) >= 11 is 2.32. The number of para-hydroxylation sites is 1. The molecule has 1 aliphatic heterocycles. The fourth-order valence-corrected chi connectivity index (χ4v) is 4.25. The molecule has 1 aromatic heterocycles. The molecular weight excluding hydrogens is 475 g/mol. The highest BCUT2D eigenvalue weighted by molar-refractivity contribution is 14.1. The maximum Gasteiger partial charge on any atom is 0.222 e. The molecule has 6 heteroatoms. The molecule has 150 valence electrons. The van der Waals surface area contributed by atoms with Crippen LogP contribution in [0, 0.1) is 9.49 Å². The van der Waals surface area contributed by atoms with E-state index in [0.717, 1.165) is 49.2 Å². The molecule has 0 radical (unpaired) electrons. The molecule has 0 bridgehead atoms. The van der Waals surface area contributed by atoms with E-state index in [1.165, 1.54) is 14.8 Å². The van der Waals surface area contributed by atoms with E-state index >= 15 is 0 Å². The van der Waals surface area contributed by atoms with Crippen molar-refractivity contribution in [3.8, 4) is 0 Å². The summed E-state index contributed by atoms with van der Waals surface area (Å²) in [7, 11) is 1.72. The Labute approximate surface area is 185 Å². The van der Waals surface area contributed by atoms with Crippen LogP contribution < -0.4 is 15.5 Å². The first-order chi connectivity index (χ1) is 14.1. The molecule has 1 aliphatic rings. The maximum absolute atomic E-state index is 12.0. The number of aromatic nitrogens is 1. The summed E-state index contributed by atoms with van der Waals surface area (Å²) < 4.78 is 1.23. The molecule has 1 amide bonds. The van der Waals surface area contributed by atoms with Crippen molar-refractivity contribution in [2.24, 2.45) is 5.92 Å². The Balaban J connectivity index is 1.56. The Morgan fingerprint density at radius 2 is 1.86 bits per heavy atom. The van der Waals surface area contributed by atoms with Crippen LogP contribution in [0.1, 0.15) is 18.4 Å². The number of pyridine rings is 1. The van der Waals surface area contributed by atoms with Gasteiger partial charge in [-0.25, -0.2) is 4.98 Å². The first kappa shape index (κ1) is 19.9. The predicted octanol–water partition coefficient (Wildman–Crippen LogP) is 4.41. The van der Waals surface area contributed by atoms with Crippen molar-refractivity contribution in [1.29, 1.82) is 0 Å². The lowest BCUT2D eigenvalue weighted by atomic mass is 9.95. The van der Waals surface area contributed by atoms with Crippen LogP contribution in [-0.4, -0.2) is 31.0 Å². The normalized spacial score (nSPS) is 14.8. The summed E-state index contributed by atoms with van der Waals surface area (Å²) in [5, 5.41) is 7.43. The molecule has 1 saturated heterocycles. The number of carbonyl (C=O) groups is 1. The number of nitrogens with zero attached hydrogens (tertiary/aromatic N) is 2.